The van der Waals surface area contributed by atoms with Crippen LogP contribution in [0.2, 0.25) is 5.02 Å². The molecular formula is C15H15ClN5O3S2+. The smallest absolute Gasteiger partial charge is 0.332 e. The molecule has 7 N–H and O–H groups in total. The SMILES string of the molecule is NC(N)=[NH+]S(=O)(=O)c1ccc(NC(=S)NC(=O)c2ccc(Cl)cc2)cc1. The van der Waals surface area contributed by atoms with Crippen molar-refractivity contribution in [3.8, 4) is 0 Å². The van der Waals surface area contributed by atoms with Gasteiger partial charge in [0.15, 0.2) is 5.11 Å². The summed E-state index contributed by atoms with van der Waals surface area (Å²) in [6, 6.07) is 11.9. The predicted molar refractivity (Wildman–Crippen MR) is 103 cm³/mol. The minimum Gasteiger partial charge on any atom is -0.332 e. The van der Waals surface area contributed by atoms with Crippen LogP contribution in [0.5, 0.6) is 0 Å². The number of sulfonamides is 1. The highest BCUT2D eigenvalue weighted by Gasteiger charge is 2.14. The molecule has 2 rings (SSSR count). The maximum atomic E-state index is 12.0. The Labute approximate surface area is 160 Å². The second-order valence-corrected chi connectivity index (χ2v) is 7.53. The molecule has 2 aromatic rings. The van der Waals surface area contributed by atoms with E-state index in [0.717, 1.165) is 0 Å². The lowest BCUT2D eigenvalue weighted by molar-refractivity contribution is -0.270. The summed E-state index contributed by atoms with van der Waals surface area (Å²) >= 11 is 10.8. The normalized spacial score (nSPS) is 10.7. The number of rotatable bonds is 4. The molecule has 0 saturated carbocycles. The fourth-order valence-electron chi connectivity index (χ4n) is 1.87. The van der Waals surface area contributed by atoms with Crippen molar-refractivity contribution in [3.63, 3.8) is 0 Å². The Kier molecular flexibility index (Phi) is 6.14. The van der Waals surface area contributed by atoms with E-state index in [9.17, 15) is 13.2 Å². The van der Waals surface area contributed by atoms with Crippen molar-refractivity contribution >= 4 is 56.5 Å². The van der Waals surface area contributed by atoms with E-state index in [4.69, 9.17) is 35.3 Å². The van der Waals surface area contributed by atoms with Crippen LogP contribution in [0, 0.1) is 0 Å². The molecule has 26 heavy (non-hydrogen) atoms. The van der Waals surface area contributed by atoms with Crippen molar-refractivity contribution in [2.75, 3.05) is 5.32 Å². The number of amides is 1. The minimum atomic E-state index is -3.84. The first-order valence-electron chi connectivity index (χ1n) is 7.06. The first-order chi connectivity index (χ1) is 12.2. The quantitative estimate of drug-likeness (QED) is 0.259. The van der Waals surface area contributed by atoms with Crippen molar-refractivity contribution < 1.29 is 17.6 Å². The van der Waals surface area contributed by atoms with Gasteiger partial charge in [-0.2, -0.15) is 12.8 Å². The van der Waals surface area contributed by atoms with Gasteiger partial charge in [-0.25, -0.2) is 0 Å². The predicted octanol–water partition coefficient (Wildman–Crippen LogP) is -0.490. The molecule has 0 heterocycles. The third kappa shape index (κ3) is 5.41. The number of thiocarbonyl (C=S) groups is 1. The van der Waals surface area contributed by atoms with E-state index in [2.05, 4.69) is 10.6 Å². The molecule has 0 fully saturated rings. The fraction of sp³-hybridized carbons (Fsp3) is 0. The van der Waals surface area contributed by atoms with Gasteiger partial charge in [0.05, 0.1) is 0 Å². The van der Waals surface area contributed by atoms with Crippen LogP contribution in [0.4, 0.5) is 5.69 Å². The zero-order valence-electron chi connectivity index (χ0n) is 13.2. The number of nitrogens with one attached hydrogen (secondary N) is 3. The highest BCUT2D eigenvalue weighted by molar-refractivity contribution is 7.84. The van der Waals surface area contributed by atoms with Crippen LogP contribution in [-0.2, 0) is 10.0 Å². The monoisotopic (exact) mass is 412 g/mol. The van der Waals surface area contributed by atoms with E-state index in [1.807, 2.05) is 4.40 Å². The molecule has 0 saturated heterocycles. The lowest BCUT2D eigenvalue weighted by Crippen LogP contribution is -2.80. The molecule has 0 atom stereocenters. The number of halogens is 1. The zero-order chi connectivity index (χ0) is 19.3. The van der Waals surface area contributed by atoms with Gasteiger partial charge in [0.1, 0.15) is 4.90 Å². The van der Waals surface area contributed by atoms with Crippen molar-refractivity contribution in [3.05, 3.63) is 59.1 Å². The van der Waals surface area contributed by atoms with Crippen LogP contribution in [0.15, 0.2) is 53.4 Å². The molecule has 11 heteroatoms. The number of benzene rings is 2. The zero-order valence-corrected chi connectivity index (χ0v) is 15.6. The molecule has 0 radical (unpaired) electrons. The minimum absolute atomic E-state index is 0.0347. The molecule has 136 valence electrons. The molecule has 0 unspecified atom stereocenters. The van der Waals surface area contributed by atoms with Gasteiger partial charge >= 0.3 is 16.0 Å². The first-order valence-corrected chi connectivity index (χ1v) is 9.33. The summed E-state index contributed by atoms with van der Waals surface area (Å²) in [6.45, 7) is 0. The Bertz CT molecular complexity index is 954. The number of carbonyl (C=O) groups excluding carboxylic acids is 1. The lowest BCUT2D eigenvalue weighted by Gasteiger charge is -2.10. The second kappa shape index (κ2) is 8.13. The van der Waals surface area contributed by atoms with Crippen molar-refractivity contribution in [1.82, 2.24) is 5.32 Å². The molecule has 0 aliphatic carbocycles. The van der Waals surface area contributed by atoms with Crippen LogP contribution in [-0.4, -0.2) is 25.4 Å². The van der Waals surface area contributed by atoms with Gasteiger partial charge in [-0.05, 0) is 60.7 Å². The number of nitrogens with two attached hydrogens (primary N) is 2. The Morgan fingerprint density at radius 3 is 2.15 bits per heavy atom. The van der Waals surface area contributed by atoms with Crippen LogP contribution in [0.1, 0.15) is 10.4 Å². The van der Waals surface area contributed by atoms with Crippen LogP contribution in [0.25, 0.3) is 0 Å². The molecule has 0 aliphatic heterocycles. The number of anilines is 1. The van der Waals surface area contributed by atoms with E-state index in [0.29, 0.717) is 16.3 Å². The highest BCUT2D eigenvalue weighted by Crippen LogP contribution is 2.12. The van der Waals surface area contributed by atoms with Crippen molar-refractivity contribution in [2.45, 2.75) is 4.90 Å². The van der Waals surface area contributed by atoms with E-state index in [-0.39, 0.29) is 10.0 Å². The third-order valence-electron chi connectivity index (χ3n) is 3.01. The van der Waals surface area contributed by atoms with E-state index >= 15 is 0 Å². The summed E-state index contributed by atoms with van der Waals surface area (Å²) < 4.78 is 25.8. The summed E-state index contributed by atoms with van der Waals surface area (Å²) in [4.78, 5) is 12.0. The summed E-state index contributed by atoms with van der Waals surface area (Å²) in [5.41, 5.74) is 11.2. The lowest BCUT2D eigenvalue weighted by atomic mass is 10.2. The third-order valence-corrected chi connectivity index (χ3v) is 4.86. The van der Waals surface area contributed by atoms with Crippen molar-refractivity contribution in [1.29, 1.82) is 0 Å². The number of hydrogen-bond acceptors (Lipinski definition) is 4. The molecular weight excluding hydrogens is 398 g/mol. The molecule has 0 bridgehead atoms. The number of hydrogen-bond donors (Lipinski definition) is 5. The van der Waals surface area contributed by atoms with Gasteiger partial charge in [-0.1, -0.05) is 11.6 Å². The van der Waals surface area contributed by atoms with Gasteiger partial charge in [0, 0.05) is 16.3 Å². The standard InChI is InChI=1S/C15H14ClN5O3S2/c16-10-3-1-9(2-4-10)13(22)20-15(25)19-11-5-7-12(8-6-11)26(23,24)21-14(17)18/h1-8H,(H4,17,18,21)(H2,19,20,22,25)/p+1. The Hall–Kier alpha value is -2.69. The topological polar surface area (TPSA) is 141 Å². The van der Waals surface area contributed by atoms with E-state index in [1.54, 1.807) is 24.3 Å². The Morgan fingerprint density at radius 2 is 1.62 bits per heavy atom. The van der Waals surface area contributed by atoms with Gasteiger partial charge in [-0.3, -0.25) is 21.6 Å². The second-order valence-electron chi connectivity index (χ2n) is 5.00. The van der Waals surface area contributed by atoms with Gasteiger partial charge < -0.3 is 5.32 Å². The Morgan fingerprint density at radius 1 is 1.04 bits per heavy atom. The number of carbonyl (C=O) groups is 1. The maximum Gasteiger partial charge on any atom is 0.353 e. The molecule has 0 spiro atoms. The number of guanidine groups is 1. The summed E-state index contributed by atoms with van der Waals surface area (Å²) in [5.74, 6) is -0.838. The van der Waals surface area contributed by atoms with Crippen LogP contribution >= 0.6 is 23.8 Å². The summed E-state index contributed by atoms with van der Waals surface area (Å²) in [5, 5.41) is 5.85. The van der Waals surface area contributed by atoms with E-state index < -0.39 is 21.9 Å². The average Bonchev–Trinajstić information content (AvgIpc) is 2.54. The molecule has 2 aromatic carbocycles. The highest BCUT2D eigenvalue weighted by atomic mass is 35.5. The van der Waals surface area contributed by atoms with Crippen LogP contribution in [0.3, 0.4) is 0 Å². The van der Waals surface area contributed by atoms with Gasteiger partial charge in [0.25, 0.3) is 5.91 Å². The molecule has 1 amide bonds. The van der Waals surface area contributed by atoms with Gasteiger partial charge in [0.2, 0.25) is 0 Å². The van der Waals surface area contributed by atoms with Crippen molar-refractivity contribution in [2.24, 2.45) is 11.5 Å². The largest absolute Gasteiger partial charge is 0.353 e. The van der Waals surface area contributed by atoms with Crippen LogP contribution < -0.4 is 26.5 Å². The van der Waals surface area contributed by atoms with Gasteiger partial charge in [-0.15, -0.1) is 0 Å². The fourth-order valence-corrected chi connectivity index (χ4v) is 3.13. The summed E-state index contributed by atoms with van der Waals surface area (Å²) in [7, 11) is -3.84. The average molecular weight is 413 g/mol. The van der Waals surface area contributed by atoms with E-state index in [1.165, 1.54) is 24.3 Å². The molecule has 8 nitrogen and oxygen atoms in total. The Balaban J connectivity index is 2.02. The first kappa shape index (κ1) is 19.6. The summed E-state index contributed by atoms with van der Waals surface area (Å²) in [6.07, 6.45) is 0. The molecule has 0 aromatic heterocycles. The maximum absolute atomic E-state index is 12.0. The molecule has 0 aliphatic rings.